The van der Waals surface area contributed by atoms with Crippen LogP contribution in [0.5, 0.6) is 5.75 Å². The highest BCUT2D eigenvalue weighted by molar-refractivity contribution is 7.15. The van der Waals surface area contributed by atoms with E-state index in [0.29, 0.717) is 22.2 Å². The average molecular weight is 408 g/mol. The van der Waals surface area contributed by atoms with Gasteiger partial charge in [-0.05, 0) is 43.2 Å². The molecule has 0 bridgehead atoms. The predicted molar refractivity (Wildman–Crippen MR) is 111 cm³/mol. The lowest BCUT2D eigenvalue weighted by Gasteiger charge is -2.12. The van der Waals surface area contributed by atoms with E-state index in [1.165, 1.54) is 11.3 Å². The number of aromatic nitrogens is 3. The van der Waals surface area contributed by atoms with Crippen LogP contribution in [0.1, 0.15) is 39.3 Å². The van der Waals surface area contributed by atoms with Crippen LogP contribution < -0.4 is 10.1 Å². The van der Waals surface area contributed by atoms with Crippen LogP contribution in [-0.2, 0) is 13.0 Å². The summed E-state index contributed by atoms with van der Waals surface area (Å²) < 4.78 is 11.2. The van der Waals surface area contributed by atoms with Crippen LogP contribution in [0.25, 0.3) is 10.8 Å². The fourth-order valence-electron chi connectivity index (χ4n) is 2.99. The van der Waals surface area contributed by atoms with Gasteiger partial charge >= 0.3 is 0 Å². The van der Waals surface area contributed by atoms with Crippen molar-refractivity contribution in [3.63, 3.8) is 0 Å². The van der Waals surface area contributed by atoms with Crippen molar-refractivity contribution >= 4 is 33.1 Å². The molecule has 0 aliphatic heterocycles. The van der Waals surface area contributed by atoms with Crippen molar-refractivity contribution in [3.8, 4) is 5.75 Å². The molecule has 7 nitrogen and oxygen atoms in total. The minimum atomic E-state index is -0.289. The Bertz CT molecular complexity index is 1160. The molecular formula is C21H20N4O3S. The Morgan fingerprint density at radius 3 is 2.59 bits per heavy atom. The van der Waals surface area contributed by atoms with Crippen LogP contribution in [0, 0.1) is 13.8 Å². The van der Waals surface area contributed by atoms with Crippen molar-refractivity contribution in [2.24, 2.45) is 0 Å². The third kappa shape index (κ3) is 3.97. The molecule has 0 unspecified atom stereocenters. The van der Waals surface area contributed by atoms with Gasteiger partial charge in [-0.15, -0.1) is 10.2 Å². The van der Waals surface area contributed by atoms with Crippen LogP contribution >= 0.6 is 11.3 Å². The van der Waals surface area contributed by atoms with Crippen LogP contribution in [-0.4, -0.2) is 21.3 Å². The average Bonchev–Trinajstić information content (AvgIpc) is 3.31. The second-order valence-corrected chi connectivity index (χ2v) is 7.66. The number of hydrogen-bond donors (Lipinski definition) is 1. The smallest absolute Gasteiger partial charge is 0.261 e. The molecule has 148 valence electrons. The van der Waals surface area contributed by atoms with Crippen molar-refractivity contribution in [2.45, 2.75) is 33.8 Å². The summed E-state index contributed by atoms with van der Waals surface area (Å²) in [6.45, 7) is 5.96. The van der Waals surface area contributed by atoms with E-state index in [2.05, 4.69) is 20.7 Å². The minimum absolute atomic E-state index is 0.262. The van der Waals surface area contributed by atoms with Crippen molar-refractivity contribution < 1.29 is 14.1 Å². The summed E-state index contributed by atoms with van der Waals surface area (Å²) in [7, 11) is 0. The standard InChI is InChI=1S/C21H20N4O3S/c1-4-19-23-24-21(29-19)22-20(26)16-9-14-7-5-6-8-15(14)10-18(16)27-11-17-12(2)25-28-13(17)3/h5-10H,4,11H2,1-3H3,(H,22,24,26). The van der Waals surface area contributed by atoms with E-state index in [9.17, 15) is 4.79 Å². The van der Waals surface area contributed by atoms with Gasteiger partial charge in [-0.1, -0.05) is 47.7 Å². The maximum atomic E-state index is 13.0. The summed E-state index contributed by atoms with van der Waals surface area (Å²) in [5, 5.41) is 18.1. The van der Waals surface area contributed by atoms with E-state index < -0.39 is 0 Å². The SMILES string of the molecule is CCc1nnc(NC(=O)c2cc3ccccc3cc2OCc2c(C)noc2C)s1. The number of carbonyl (C=O) groups is 1. The number of amides is 1. The highest BCUT2D eigenvalue weighted by Gasteiger charge is 2.18. The molecule has 1 amide bonds. The predicted octanol–water partition coefficient (Wildman–Crippen LogP) is 4.69. The van der Waals surface area contributed by atoms with Gasteiger partial charge in [0.2, 0.25) is 5.13 Å². The first-order valence-corrected chi connectivity index (χ1v) is 10.1. The van der Waals surface area contributed by atoms with Gasteiger partial charge in [0.15, 0.2) is 0 Å². The molecule has 8 heteroatoms. The molecular weight excluding hydrogens is 388 g/mol. The third-order valence-corrected chi connectivity index (χ3v) is 5.62. The van der Waals surface area contributed by atoms with Gasteiger partial charge in [-0.3, -0.25) is 10.1 Å². The molecule has 0 saturated carbocycles. The molecule has 0 saturated heterocycles. The molecule has 4 rings (SSSR count). The normalized spacial score (nSPS) is 11.0. The van der Waals surface area contributed by atoms with E-state index in [1.54, 1.807) is 0 Å². The van der Waals surface area contributed by atoms with Crippen LogP contribution in [0.3, 0.4) is 0 Å². The molecule has 4 aromatic rings. The molecule has 2 aromatic heterocycles. The number of aryl methyl sites for hydroxylation is 3. The number of ether oxygens (including phenoxy) is 1. The van der Waals surface area contributed by atoms with Gasteiger partial charge in [0, 0.05) is 0 Å². The molecule has 0 spiro atoms. The summed E-state index contributed by atoms with van der Waals surface area (Å²) in [5.41, 5.74) is 2.08. The molecule has 1 N–H and O–H groups in total. The second-order valence-electron chi connectivity index (χ2n) is 6.60. The Morgan fingerprint density at radius 1 is 1.17 bits per heavy atom. The van der Waals surface area contributed by atoms with E-state index in [-0.39, 0.29) is 12.5 Å². The summed E-state index contributed by atoms with van der Waals surface area (Å²) >= 11 is 1.37. The first-order valence-electron chi connectivity index (χ1n) is 9.26. The highest BCUT2D eigenvalue weighted by Crippen LogP contribution is 2.29. The Labute approximate surface area is 171 Å². The first-order chi connectivity index (χ1) is 14.0. The number of carbonyl (C=O) groups excluding carboxylic acids is 1. The fourth-order valence-corrected chi connectivity index (χ4v) is 3.66. The molecule has 2 heterocycles. The van der Waals surface area contributed by atoms with Gasteiger partial charge in [0.1, 0.15) is 23.1 Å². The van der Waals surface area contributed by atoms with Gasteiger partial charge in [-0.25, -0.2) is 0 Å². The van der Waals surface area contributed by atoms with Crippen LogP contribution in [0.2, 0.25) is 0 Å². The number of benzene rings is 2. The van der Waals surface area contributed by atoms with E-state index in [4.69, 9.17) is 9.26 Å². The number of nitrogens with zero attached hydrogens (tertiary/aromatic N) is 3. The summed E-state index contributed by atoms with van der Waals surface area (Å²) in [4.78, 5) is 13.0. The highest BCUT2D eigenvalue weighted by atomic mass is 32.1. The first kappa shape index (κ1) is 19.1. The van der Waals surface area contributed by atoms with Gasteiger partial charge in [-0.2, -0.15) is 0 Å². The Morgan fingerprint density at radius 2 is 1.93 bits per heavy atom. The molecule has 0 aliphatic carbocycles. The number of hydrogen-bond acceptors (Lipinski definition) is 7. The Hall–Kier alpha value is -3.26. The van der Waals surface area contributed by atoms with E-state index in [0.717, 1.165) is 33.5 Å². The van der Waals surface area contributed by atoms with E-state index >= 15 is 0 Å². The Kier molecular flexibility index (Phi) is 5.26. The zero-order valence-electron chi connectivity index (χ0n) is 16.4. The molecule has 29 heavy (non-hydrogen) atoms. The molecule has 0 fully saturated rings. The van der Waals surface area contributed by atoms with Gasteiger partial charge in [0.25, 0.3) is 5.91 Å². The van der Waals surface area contributed by atoms with Crippen molar-refractivity contribution in [2.75, 3.05) is 5.32 Å². The maximum absolute atomic E-state index is 13.0. The minimum Gasteiger partial charge on any atom is -0.488 e. The van der Waals surface area contributed by atoms with E-state index in [1.807, 2.05) is 57.2 Å². The molecule has 0 atom stereocenters. The van der Waals surface area contributed by atoms with Crippen LogP contribution in [0.4, 0.5) is 5.13 Å². The van der Waals surface area contributed by atoms with Gasteiger partial charge in [0.05, 0.1) is 16.8 Å². The van der Waals surface area contributed by atoms with Crippen molar-refractivity contribution in [1.29, 1.82) is 0 Å². The molecule has 0 aliphatic rings. The lowest BCUT2D eigenvalue weighted by atomic mass is 10.1. The number of rotatable bonds is 6. The lowest BCUT2D eigenvalue weighted by Crippen LogP contribution is -2.14. The molecule has 0 radical (unpaired) electrons. The quantitative estimate of drug-likeness (QED) is 0.498. The zero-order valence-corrected chi connectivity index (χ0v) is 17.2. The zero-order chi connectivity index (χ0) is 20.4. The third-order valence-electron chi connectivity index (χ3n) is 4.64. The second kappa shape index (κ2) is 8.00. The lowest BCUT2D eigenvalue weighted by molar-refractivity contribution is 0.102. The Balaban J connectivity index is 1.66. The number of nitrogens with one attached hydrogen (secondary N) is 1. The topological polar surface area (TPSA) is 90.1 Å². The largest absolute Gasteiger partial charge is 0.488 e. The van der Waals surface area contributed by atoms with Crippen LogP contribution in [0.15, 0.2) is 40.9 Å². The van der Waals surface area contributed by atoms with Crippen molar-refractivity contribution in [3.05, 3.63) is 64.0 Å². The number of fused-ring (bicyclic) bond motifs is 1. The number of anilines is 1. The maximum Gasteiger partial charge on any atom is 0.261 e. The summed E-state index contributed by atoms with van der Waals surface area (Å²) in [6, 6.07) is 11.5. The van der Waals surface area contributed by atoms with Gasteiger partial charge < -0.3 is 9.26 Å². The van der Waals surface area contributed by atoms with Crippen molar-refractivity contribution in [1.82, 2.24) is 15.4 Å². The molecule has 2 aromatic carbocycles. The summed E-state index contributed by atoms with van der Waals surface area (Å²) in [6.07, 6.45) is 0.773. The summed E-state index contributed by atoms with van der Waals surface area (Å²) in [5.74, 6) is 0.903. The fraction of sp³-hybridized carbons (Fsp3) is 0.238. The monoisotopic (exact) mass is 408 g/mol.